The first-order valence-electron chi connectivity index (χ1n) is 21.9. The van der Waals surface area contributed by atoms with Gasteiger partial charge in [-0.1, -0.05) is 153 Å². The summed E-state index contributed by atoms with van der Waals surface area (Å²) in [5.74, 6) is 0. The number of para-hydroxylation sites is 1. The maximum absolute atomic E-state index is 6.63. The predicted octanol–water partition coefficient (Wildman–Crippen LogP) is 17.4. The molecule has 1 aliphatic rings. The molecule has 294 valence electrons. The van der Waals surface area contributed by atoms with E-state index in [1.807, 2.05) is 12.1 Å². The monoisotopic (exact) mass is 802 g/mol. The standard InChI is InChI=1S/C61H38O2/c1-61(2)52-27-23-41(59-46-16-7-5-14-44(46)58(45-15-6-8-17-47(45)59)40-20-19-35-11-3-4-12-36(35)29-40)30-50(52)42-25-21-37(31-53(42)61)38-22-26-48-56(32-38)63-55-28-24-39-33-57-51(34-49(39)60(48)55)43-13-9-10-18-54(43)62-57/h3-34H,1-2H3. The van der Waals surface area contributed by atoms with Crippen molar-refractivity contribution in [2.75, 3.05) is 0 Å². The summed E-state index contributed by atoms with van der Waals surface area (Å²) in [6, 6.07) is 71.4. The number of hydrogen-bond donors (Lipinski definition) is 0. The van der Waals surface area contributed by atoms with Crippen LogP contribution in [-0.2, 0) is 5.41 Å². The molecular formula is C61H38O2. The van der Waals surface area contributed by atoms with Crippen LogP contribution >= 0.6 is 0 Å². The molecule has 2 heteroatoms. The van der Waals surface area contributed by atoms with Gasteiger partial charge in [-0.3, -0.25) is 0 Å². The molecule has 0 saturated carbocycles. The van der Waals surface area contributed by atoms with Crippen LogP contribution in [-0.4, -0.2) is 0 Å². The number of hydrogen-bond acceptors (Lipinski definition) is 2. The molecule has 14 rings (SSSR count). The van der Waals surface area contributed by atoms with Gasteiger partial charge in [0.05, 0.1) is 0 Å². The van der Waals surface area contributed by atoms with E-state index in [1.165, 1.54) is 87.8 Å². The second-order valence-electron chi connectivity index (χ2n) is 18.0. The molecule has 0 radical (unpaired) electrons. The number of benzene rings is 11. The van der Waals surface area contributed by atoms with Crippen LogP contribution in [0, 0.1) is 0 Å². The first-order chi connectivity index (χ1) is 31.0. The van der Waals surface area contributed by atoms with E-state index >= 15 is 0 Å². The van der Waals surface area contributed by atoms with Gasteiger partial charge < -0.3 is 8.83 Å². The lowest BCUT2D eigenvalue weighted by Gasteiger charge is -2.22. The van der Waals surface area contributed by atoms with Crippen LogP contribution < -0.4 is 0 Å². The lowest BCUT2D eigenvalue weighted by Crippen LogP contribution is -2.15. The van der Waals surface area contributed by atoms with Crippen molar-refractivity contribution in [1.29, 1.82) is 0 Å². The van der Waals surface area contributed by atoms with E-state index in [4.69, 9.17) is 8.83 Å². The summed E-state index contributed by atoms with van der Waals surface area (Å²) in [6.45, 7) is 4.75. The van der Waals surface area contributed by atoms with Crippen molar-refractivity contribution < 1.29 is 8.83 Å². The molecule has 63 heavy (non-hydrogen) atoms. The van der Waals surface area contributed by atoms with Gasteiger partial charge in [-0.2, -0.15) is 0 Å². The van der Waals surface area contributed by atoms with Crippen LogP contribution in [0.15, 0.2) is 203 Å². The number of fused-ring (bicyclic) bond motifs is 14. The van der Waals surface area contributed by atoms with Gasteiger partial charge in [-0.05, 0) is 153 Å². The number of furan rings is 2. The second-order valence-corrected chi connectivity index (χ2v) is 18.0. The van der Waals surface area contributed by atoms with Crippen molar-refractivity contribution >= 4 is 87.0 Å². The highest BCUT2D eigenvalue weighted by Gasteiger charge is 2.36. The lowest BCUT2D eigenvalue weighted by atomic mass is 9.81. The fraction of sp³-hybridized carbons (Fsp3) is 0.0492. The molecule has 0 bridgehead atoms. The average molecular weight is 803 g/mol. The molecule has 13 aromatic rings. The summed E-state index contributed by atoms with van der Waals surface area (Å²) in [4.78, 5) is 0. The molecule has 0 saturated heterocycles. The molecule has 1 aliphatic carbocycles. The highest BCUT2D eigenvalue weighted by Crippen LogP contribution is 2.52. The molecule has 2 aromatic heterocycles. The minimum atomic E-state index is -0.172. The molecule has 0 amide bonds. The Morgan fingerprint density at radius 3 is 1.67 bits per heavy atom. The molecule has 2 nitrogen and oxygen atoms in total. The summed E-state index contributed by atoms with van der Waals surface area (Å²) in [5.41, 5.74) is 16.1. The van der Waals surface area contributed by atoms with Gasteiger partial charge in [0.15, 0.2) is 0 Å². The molecule has 0 atom stereocenters. The first-order valence-corrected chi connectivity index (χ1v) is 21.9. The maximum Gasteiger partial charge on any atom is 0.136 e. The van der Waals surface area contributed by atoms with E-state index in [2.05, 4.69) is 196 Å². The third-order valence-corrected chi connectivity index (χ3v) is 14.2. The van der Waals surface area contributed by atoms with Crippen LogP contribution in [0.1, 0.15) is 25.0 Å². The average Bonchev–Trinajstić information content (AvgIpc) is 3.96. The van der Waals surface area contributed by atoms with E-state index in [0.717, 1.165) is 54.8 Å². The van der Waals surface area contributed by atoms with Gasteiger partial charge in [-0.25, -0.2) is 0 Å². The smallest absolute Gasteiger partial charge is 0.136 e. The van der Waals surface area contributed by atoms with Crippen LogP contribution in [0.4, 0.5) is 0 Å². The summed E-state index contributed by atoms with van der Waals surface area (Å²) in [6.07, 6.45) is 0. The lowest BCUT2D eigenvalue weighted by molar-refractivity contribution is 0.660. The Balaban J connectivity index is 0.890. The van der Waals surface area contributed by atoms with Crippen LogP contribution in [0.25, 0.3) is 131 Å². The molecular weight excluding hydrogens is 765 g/mol. The molecule has 2 heterocycles. The zero-order valence-corrected chi connectivity index (χ0v) is 34.8. The summed E-state index contributed by atoms with van der Waals surface area (Å²) in [5, 5.41) is 14.4. The molecule has 0 N–H and O–H groups in total. The van der Waals surface area contributed by atoms with Crippen molar-refractivity contribution in [3.63, 3.8) is 0 Å². The number of rotatable bonds is 3. The fourth-order valence-corrected chi connectivity index (χ4v) is 11.2. The Morgan fingerprint density at radius 2 is 0.889 bits per heavy atom. The van der Waals surface area contributed by atoms with Crippen LogP contribution in [0.3, 0.4) is 0 Å². The summed E-state index contributed by atoms with van der Waals surface area (Å²) < 4.78 is 12.9. The van der Waals surface area contributed by atoms with Crippen molar-refractivity contribution in [3.8, 4) is 44.5 Å². The van der Waals surface area contributed by atoms with Gasteiger partial charge in [-0.15, -0.1) is 0 Å². The molecule has 0 spiro atoms. The predicted molar refractivity (Wildman–Crippen MR) is 265 cm³/mol. The Hall–Kier alpha value is -7.94. The van der Waals surface area contributed by atoms with E-state index in [1.54, 1.807) is 0 Å². The minimum absolute atomic E-state index is 0.172. The fourth-order valence-electron chi connectivity index (χ4n) is 11.2. The van der Waals surface area contributed by atoms with Gasteiger partial charge in [0.2, 0.25) is 0 Å². The summed E-state index contributed by atoms with van der Waals surface area (Å²) in [7, 11) is 0. The second kappa shape index (κ2) is 12.6. The quantitative estimate of drug-likeness (QED) is 0.166. The van der Waals surface area contributed by atoms with E-state index in [9.17, 15) is 0 Å². The molecule has 0 fully saturated rings. The largest absolute Gasteiger partial charge is 0.456 e. The van der Waals surface area contributed by atoms with Gasteiger partial charge >= 0.3 is 0 Å². The van der Waals surface area contributed by atoms with E-state index in [-0.39, 0.29) is 5.41 Å². The minimum Gasteiger partial charge on any atom is -0.456 e. The van der Waals surface area contributed by atoms with Crippen molar-refractivity contribution in [1.82, 2.24) is 0 Å². The zero-order valence-electron chi connectivity index (χ0n) is 34.8. The molecule has 0 unspecified atom stereocenters. The van der Waals surface area contributed by atoms with Gasteiger partial charge in [0.1, 0.15) is 22.3 Å². The van der Waals surface area contributed by atoms with E-state index in [0.29, 0.717) is 0 Å². The van der Waals surface area contributed by atoms with Crippen molar-refractivity contribution in [2.24, 2.45) is 0 Å². The van der Waals surface area contributed by atoms with E-state index < -0.39 is 0 Å². The van der Waals surface area contributed by atoms with Crippen LogP contribution in [0.2, 0.25) is 0 Å². The highest BCUT2D eigenvalue weighted by atomic mass is 16.3. The Bertz CT molecular complexity index is 4060. The zero-order chi connectivity index (χ0) is 41.6. The highest BCUT2D eigenvalue weighted by molar-refractivity contribution is 6.24. The maximum atomic E-state index is 6.63. The molecule has 11 aromatic carbocycles. The van der Waals surface area contributed by atoms with Crippen molar-refractivity contribution in [2.45, 2.75) is 19.3 Å². The SMILES string of the molecule is CC1(C)c2ccc(-c3c4ccccc4c(-c4ccc5ccccc5c4)c4ccccc34)cc2-c2ccc(-c3ccc4c(c3)oc3ccc5cc6oc7ccccc7c6cc5c34)cc21. The van der Waals surface area contributed by atoms with Crippen molar-refractivity contribution in [3.05, 3.63) is 205 Å². The Morgan fingerprint density at radius 1 is 0.302 bits per heavy atom. The third kappa shape index (κ3) is 4.89. The molecule has 0 aliphatic heterocycles. The third-order valence-electron chi connectivity index (χ3n) is 14.2. The Labute approximate surface area is 363 Å². The Kier molecular flexibility index (Phi) is 6.93. The first kappa shape index (κ1) is 34.7. The van der Waals surface area contributed by atoms with Gasteiger partial charge in [0.25, 0.3) is 0 Å². The van der Waals surface area contributed by atoms with Gasteiger partial charge in [0, 0.05) is 27.0 Å². The normalized spacial score (nSPS) is 13.4. The van der Waals surface area contributed by atoms with Crippen LogP contribution in [0.5, 0.6) is 0 Å². The summed E-state index contributed by atoms with van der Waals surface area (Å²) >= 11 is 0. The topological polar surface area (TPSA) is 26.3 Å².